The second-order valence-corrected chi connectivity index (χ2v) is 11.6. The summed E-state index contributed by atoms with van der Waals surface area (Å²) >= 11 is 0. The molecule has 0 heterocycles. The van der Waals surface area contributed by atoms with Gasteiger partial charge in [0.25, 0.3) is 0 Å². The summed E-state index contributed by atoms with van der Waals surface area (Å²) in [6, 6.07) is 10.7. The minimum Gasteiger partial charge on any atom is -0.208 e. The number of nitrogens with one attached hydrogen (secondary N) is 1. The summed E-state index contributed by atoms with van der Waals surface area (Å²) in [5.41, 5.74) is 0.672. The van der Waals surface area contributed by atoms with Gasteiger partial charge >= 0.3 is 0 Å². The average Bonchev–Trinajstić information content (AvgIpc) is 3.25. The molecule has 1 saturated carbocycles. The van der Waals surface area contributed by atoms with Gasteiger partial charge in [-0.25, -0.2) is 25.9 Å². The van der Waals surface area contributed by atoms with Gasteiger partial charge < -0.3 is 0 Å². The number of benzene rings is 2. The van der Waals surface area contributed by atoms with Crippen molar-refractivity contribution in [1.29, 1.82) is 0 Å². The van der Waals surface area contributed by atoms with E-state index in [2.05, 4.69) is 4.72 Å². The zero-order valence-corrected chi connectivity index (χ0v) is 19.4. The zero-order valence-electron chi connectivity index (χ0n) is 17.8. The number of hydrogen-bond acceptors (Lipinski definition) is 4. The number of sulfonamides is 2. The van der Waals surface area contributed by atoms with Crippen molar-refractivity contribution in [2.24, 2.45) is 0 Å². The van der Waals surface area contributed by atoms with E-state index in [9.17, 15) is 21.2 Å². The van der Waals surface area contributed by atoms with Crippen LogP contribution in [0.1, 0.15) is 51.5 Å². The molecule has 2 aromatic carbocycles. The highest BCUT2D eigenvalue weighted by Gasteiger charge is 2.29. The molecule has 170 valence electrons. The number of rotatable bonds is 9. The van der Waals surface area contributed by atoms with Crippen LogP contribution in [0.2, 0.25) is 0 Å². The van der Waals surface area contributed by atoms with Crippen molar-refractivity contribution in [2.75, 3.05) is 0 Å². The number of halogens is 1. The first kappa shape index (κ1) is 23.8. The van der Waals surface area contributed by atoms with Crippen molar-refractivity contribution in [1.82, 2.24) is 9.03 Å². The Balaban J connectivity index is 1.84. The molecule has 0 saturated heterocycles. The summed E-state index contributed by atoms with van der Waals surface area (Å²) < 4.78 is 69.2. The Hall–Kier alpha value is -1.81. The molecule has 0 aromatic heterocycles. The van der Waals surface area contributed by atoms with Crippen LogP contribution >= 0.6 is 0 Å². The smallest absolute Gasteiger partial charge is 0.208 e. The fraction of sp³-hybridized carbons (Fsp3) is 0.455. The maximum atomic E-state index is 13.3. The van der Waals surface area contributed by atoms with E-state index in [1.54, 1.807) is 12.1 Å². The first-order valence-corrected chi connectivity index (χ1v) is 13.4. The molecule has 31 heavy (non-hydrogen) atoms. The predicted octanol–water partition coefficient (Wildman–Crippen LogP) is 4.04. The van der Waals surface area contributed by atoms with E-state index in [0.717, 1.165) is 25.7 Å². The Labute approximate surface area is 184 Å². The first-order chi connectivity index (χ1) is 14.6. The Bertz CT molecular complexity index is 1080. The van der Waals surface area contributed by atoms with Crippen LogP contribution in [0.5, 0.6) is 0 Å². The molecular formula is C22H29FN2O4S2. The van der Waals surface area contributed by atoms with Gasteiger partial charge in [-0.05, 0) is 68.1 Å². The fourth-order valence-electron chi connectivity index (χ4n) is 3.71. The lowest BCUT2D eigenvalue weighted by molar-refractivity contribution is 0.323. The minimum atomic E-state index is -3.88. The van der Waals surface area contributed by atoms with Crippen molar-refractivity contribution in [3.63, 3.8) is 0 Å². The van der Waals surface area contributed by atoms with Gasteiger partial charge in [0.2, 0.25) is 20.0 Å². The van der Waals surface area contributed by atoms with Gasteiger partial charge in [-0.15, -0.1) is 0 Å². The molecule has 0 spiro atoms. The summed E-state index contributed by atoms with van der Waals surface area (Å²) in [7, 11) is -7.57. The third kappa shape index (κ3) is 5.71. The SMILES string of the molecule is CC[C@H](C)N(Cc1ccc(F)cc1)S(=O)(=O)c1ccc(S(=O)(=O)NC2CCCC2)cc1. The van der Waals surface area contributed by atoms with Crippen molar-refractivity contribution >= 4 is 20.0 Å². The Morgan fingerprint density at radius 2 is 1.52 bits per heavy atom. The predicted molar refractivity (Wildman–Crippen MR) is 118 cm³/mol. The molecule has 3 rings (SSSR count). The normalized spacial score (nSPS) is 16.6. The minimum absolute atomic E-state index is 0.0229. The molecule has 0 radical (unpaired) electrons. The van der Waals surface area contributed by atoms with Crippen LogP contribution in [0.3, 0.4) is 0 Å². The van der Waals surface area contributed by atoms with E-state index in [-0.39, 0.29) is 34.2 Å². The summed E-state index contributed by atoms with van der Waals surface area (Å²) in [5, 5.41) is 0. The van der Waals surface area contributed by atoms with Crippen LogP contribution in [0.4, 0.5) is 4.39 Å². The Morgan fingerprint density at radius 1 is 0.968 bits per heavy atom. The molecule has 1 aliphatic carbocycles. The van der Waals surface area contributed by atoms with Gasteiger partial charge in [-0.2, -0.15) is 4.31 Å². The second kappa shape index (κ2) is 9.77. The quantitative estimate of drug-likeness (QED) is 0.602. The fourth-order valence-corrected chi connectivity index (χ4v) is 6.71. The molecule has 1 fully saturated rings. The lowest BCUT2D eigenvalue weighted by Crippen LogP contribution is -2.37. The van der Waals surface area contributed by atoms with Crippen LogP contribution in [0, 0.1) is 5.82 Å². The van der Waals surface area contributed by atoms with Crippen LogP contribution in [-0.4, -0.2) is 33.2 Å². The van der Waals surface area contributed by atoms with E-state index in [1.807, 2.05) is 13.8 Å². The maximum Gasteiger partial charge on any atom is 0.243 e. The van der Waals surface area contributed by atoms with Gasteiger partial charge in [0.15, 0.2) is 0 Å². The average molecular weight is 469 g/mol. The van der Waals surface area contributed by atoms with Crippen molar-refractivity contribution < 1.29 is 21.2 Å². The van der Waals surface area contributed by atoms with Crippen LogP contribution < -0.4 is 4.72 Å². The highest BCUT2D eigenvalue weighted by molar-refractivity contribution is 7.89. The van der Waals surface area contributed by atoms with E-state index >= 15 is 0 Å². The lowest BCUT2D eigenvalue weighted by Gasteiger charge is -2.28. The van der Waals surface area contributed by atoms with E-state index in [0.29, 0.717) is 12.0 Å². The Morgan fingerprint density at radius 3 is 2.06 bits per heavy atom. The van der Waals surface area contributed by atoms with Gasteiger partial charge in [0.1, 0.15) is 5.82 Å². The number of nitrogens with zero attached hydrogens (tertiary/aromatic N) is 1. The zero-order chi connectivity index (χ0) is 22.6. The van der Waals surface area contributed by atoms with E-state index in [1.165, 1.54) is 40.7 Å². The van der Waals surface area contributed by atoms with Crippen LogP contribution in [0.25, 0.3) is 0 Å². The molecule has 6 nitrogen and oxygen atoms in total. The highest BCUT2D eigenvalue weighted by Crippen LogP contribution is 2.25. The molecule has 1 aliphatic rings. The standard InChI is InChI=1S/C22H29FN2O4S2/c1-3-17(2)25(16-18-8-10-19(23)11-9-18)31(28,29)22-14-12-21(13-15-22)30(26,27)24-20-6-4-5-7-20/h8-15,17,20,24H,3-7,16H2,1-2H3/t17-/m0/s1. The third-order valence-corrected chi connectivity index (χ3v) is 9.26. The van der Waals surface area contributed by atoms with Gasteiger partial charge in [0.05, 0.1) is 9.79 Å². The Kier molecular flexibility index (Phi) is 7.51. The summed E-state index contributed by atoms with van der Waals surface area (Å²) in [5.74, 6) is -0.385. The van der Waals surface area contributed by atoms with Crippen molar-refractivity contribution in [3.8, 4) is 0 Å². The third-order valence-electron chi connectivity index (χ3n) is 5.75. The van der Waals surface area contributed by atoms with Crippen molar-refractivity contribution in [2.45, 2.75) is 74.4 Å². The van der Waals surface area contributed by atoms with Gasteiger partial charge in [-0.1, -0.05) is 31.9 Å². The monoisotopic (exact) mass is 468 g/mol. The molecule has 0 bridgehead atoms. The molecular weight excluding hydrogens is 439 g/mol. The van der Waals surface area contributed by atoms with Crippen molar-refractivity contribution in [3.05, 3.63) is 59.9 Å². The molecule has 1 N–H and O–H groups in total. The highest BCUT2D eigenvalue weighted by atomic mass is 32.2. The molecule has 9 heteroatoms. The van der Waals surface area contributed by atoms with Gasteiger partial charge in [-0.3, -0.25) is 0 Å². The molecule has 2 aromatic rings. The number of hydrogen-bond donors (Lipinski definition) is 1. The van der Waals surface area contributed by atoms with E-state index in [4.69, 9.17) is 0 Å². The maximum absolute atomic E-state index is 13.3. The molecule has 1 atom stereocenters. The topological polar surface area (TPSA) is 83.6 Å². The first-order valence-electron chi connectivity index (χ1n) is 10.5. The summed E-state index contributed by atoms with van der Waals surface area (Å²) in [4.78, 5) is 0.0710. The lowest BCUT2D eigenvalue weighted by atomic mass is 10.2. The molecule has 0 unspecified atom stereocenters. The van der Waals surface area contributed by atoms with Gasteiger partial charge in [0, 0.05) is 18.6 Å². The summed E-state index contributed by atoms with van der Waals surface area (Å²) in [6.45, 7) is 3.80. The van der Waals surface area contributed by atoms with Crippen LogP contribution in [-0.2, 0) is 26.6 Å². The van der Waals surface area contributed by atoms with Crippen LogP contribution in [0.15, 0.2) is 58.3 Å². The second-order valence-electron chi connectivity index (χ2n) is 8.01. The molecule has 0 aliphatic heterocycles. The largest absolute Gasteiger partial charge is 0.243 e. The summed E-state index contributed by atoms with van der Waals surface area (Å²) in [6.07, 6.45) is 4.24. The molecule has 0 amide bonds. The van der Waals surface area contributed by atoms with E-state index < -0.39 is 20.0 Å².